The van der Waals surface area contributed by atoms with Crippen LogP contribution in [0.4, 0.5) is 4.39 Å². The van der Waals surface area contributed by atoms with Crippen molar-refractivity contribution in [2.24, 2.45) is 0 Å². The van der Waals surface area contributed by atoms with Crippen LogP contribution in [0.3, 0.4) is 0 Å². The molecule has 1 aromatic carbocycles. The summed E-state index contributed by atoms with van der Waals surface area (Å²) in [5, 5.41) is 4.37. The van der Waals surface area contributed by atoms with Gasteiger partial charge >= 0.3 is 0 Å². The third kappa shape index (κ3) is 2.24. The minimum atomic E-state index is -0.281. The molecule has 0 aliphatic carbocycles. The van der Waals surface area contributed by atoms with Crippen LogP contribution >= 0.6 is 0 Å². The molecule has 0 fully saturated rings. The molecule has 1 heterocycles. The second-order valence-electron chi connectivity index (χ2n) is 3.60. The molecule has 16 heavy (non-hydrogen) atoms. The van der Waals surface area contributed by atoms with E-state index in [1.54, 1.807) is 10.7 Å². The van der Waals surface area contributed by atoms with E-state index < -0.39 is 0 Å². The van der Waals surface area contributed by atoms with Crippen molar-refractivity contribution >= 4 is 0 Å². The minimum absolute atomic E-state index is 0. The zero-order valence-electron chi connectivity index (χ0n) is 9.32. The monoisotopic (exact) mass is 398 g/mol. The molecule has 0 aliphatic heterocycles. The van der Waals surface area contributed by atoms with E-state index in [0.29, 0.717) is 0 Å². The van der Waals surface area contributed by atoms with Crippen LogP contribution in [0, 0.1) is 32.7 Å². The number of benzene rings is 1. The summed E-state index contributed by atoms with van der Waals surface area (Å²) in [6.07, 6.45) is 0. The van der Waals surface area contributed by atoms with E-state index in [1.165, 1.54) is 12.1 Å². The van der Waals surface area contributed by atoms with Gasteiger partial charge in [-0.25, -0.2) is 0 Å². The van der Waals surface area contributed by atoms with Crippen LogP contribution in [-0.2, 0) is 21.1 Å². The van der Waals surface area contributed by atoms with E-state index in [-0.39, 0.29) is 26.9 Å². The summed E-state index contributed by atoms with van der Waals surface area (Å²) in [7, 11) is 0. The van der Waals surface area contributed by atoms with Crippen LogP contribution < -0.4 is 0 Å². The second-order valence-corrected chi connectivity index (χ2v) is 3.60. The molecule has 2 nitrogen and oxygen atoms in total. The standard InChI is InChI=1S/C12H12FN2.Pt/c1-8-9(2)14-15(10(8)3)12-6-4-11(13)5-7-12;/h4-6H,1-3H3;/q-1;. The van der Waals surface area contributed by atoms with Crippen LogP contribution in [-0.4, -0.2) is 9.78 Å². The largest absolute Gasteiger partial charge is 0.284 e. The Morgan fingerprint density at radius 2 is 1.94 bits per heavy atom. The first-order chi connectivity index (χ1) is 7.09. The van der Waals surface area contributed by atoms with E-state index >= 15 is 0 Å². The Kier molecular flexibility index (Phi) is 4.03. The number of halogens is 1. The molecule has 0 radical (unpaired) electrons. The van der Waals surface area contributed by atoms with E-state index in [4.69, 9.17) is 0 Å². The van der Waals surface area contributed by atoms with Gasteiger partial charge < -0.3 is 0 Å². The van der Waals surface area contributed by atoms with Crippen LogP contribution in [0.25, 0.3) is 5.69 Å². The van der Waals surface area contributed by atoms with Gasteiger partial charge in [0.25, 0.3) is 0 Å². The summed E-state index contributed by atoms with van der Waals surface area (Å²) in [6, 6.07) is 7.27. The van der Waals surface area contributed by atoms with Crippen molar-refractivity contribution in [3.05, 3.63) is 47.0 Å². The summed E-state index contributed by atoms with van der Waals surface area (Å²) in [5.41, 5.74) is 3.98. The Morgan fingerprint density at radius 1 is 1.25 bits per heavy atom. The third-order valence-corrected chi connectivity index (χ3v) is 2.64. The van der Waals surface area contributed by atoms with Crippen molar-refractivity contribution in [2.45, 2.75) is 20.8 Å². The first-order valence-corrected chi connectivity index (χ1v) is 4.80. The molecule has 4 heteroatoms. The molecule has 0 saturated carbocycles. The normalized spacial score (nSPS) is 10.0. The number of hydrogen-bond donors (Lipinski definition) is 0. The van der Waals surface area contributed by atoms with Gasteiger partial charge in [0.1, 0.15) is 0 Å². The Hall–Kier alpha value is -0.952. The number of rotatable bonds is 1. The van der Waals surface area contributed by atoms with Crippen molar-refractivity contribution < 1.29 is 25.5 Å². The Labute approximate surface area is 109 Å². The van der Waals surface area contributed by atoms with Crippen LogP contribution in [0.1, 0.15) is 17.0 Å². The molecule has 0 bridgehead atoms. The van der Waals surface area contributed by atoms with E-state index in [1.807, 2.05) is 20.8 Å². The van der Waals surface area contributed by atoms with Crippen molar-refractivity contribution in [2.75, 3.05) is 0 Å². The van der Waals surface area contributed by atoms with Gasteiger partial charge in [0.15, 0.2) is 0 Å². The molecule has 1 aromatic heterocycles. The molecule has 0 saturated heterocycles. The third-order valence-electron chi connectivity index (χ3n) is 2.64. The van der Waals surface area contributed by atoms with Crippen molar-refractivity contribution in [1.29, 1.82) is 0 Å². The summed E-state index contributed by atoms with van der Waals surface area (Å²) >= 11 is 0. The summed E-state index contributed by atoms with van der Waals surface area (Å²) in [4.78, 5) is 0. The smallest absolute Gasteiger partial charge is 0.0629 e. The average molecular weight is 398 g/mol. The predicted molar refractivity (Wildman–Crippen MR) is 56.6 cm³/mol. The van der Waals surface area contributed by atoms with Gasteiger partial charge in [-0.2, -0.15) is 11.2 Å². The first kappa shape index (κ1) is 13.1. The Bertz CT molecular complexity index is 488. The van der Waals surface area contributed by atoms with E-state index in [9.17, 15) is 4.39 Å². The van der Waals surface area contributed by atoms with Gasteiger partial charge in [0.05, 0.1) is 5.69 Å². The van der Waals surface area contributed by atoms with E-state index in [0.717, 1.165) is 22.6 Å². The number of aryl methyl sites for hydroxylation is 1. The van der Waals surface area contributed by atoms with Crippen LogP contribution in [0.5, 0.6) is 0 Å². The molecule has 2 aromatic rings. The van der Waals surface area contributed by atoms with Crippen molar-refractivity contribution in [3.63, 3.8) is 0 Å². The molecular weight excluding hydrogens is 386 g/mol. The molecule has 0 spiro atoms. The second kappa shape index (κ2) is 4.92. The van der Waals surface area contributed by atoms with Crippen molar-refractivity contribution in [1.82, 2.24) is 9.78 Å². The first-order valence-electron chi connectivity index (χ1n) is 4.80. The van der Waals surface area contributed by atoms with Crippen LogP contribution in [0.15, 0.2) is 18.2 Å². The van der Waals surface area contributed by atoms with Crippen molar-refractivity contribution in [3.8, 4) is 5.69 Å². The number of nitrogens with zero attached hydrogens (tertiary/aromatic N) is 2. The summed E-state index contributed by atoms with van der Waals surface area (Å²) in [5.74, 6) is -0.281. The topological polar surface area (TPSA) is 17.8 Å². The maximum Gasteiger partial charge on any atom is 0.0629 e. The fourth-order valence-corrected chi connectivity index (χ4v) is 1.48. The molecule has 0 unspecified atom stereocenters. The molecule has 2 rings (SSSR count). The molecule has 88 valence electrons. The zero-order valence-corrected chi connectivity index (χ0v) is 11.6. The number of aromatic nitrogens is 2. The molecule has 0 amide bonds. The maximum atomic E-state index is 12.7. The number of hydrogen-bond acceptors (Lipinski definition) is 1. The summed E-state index contributed by atoms with van der Waals surface area (Å²) < 4.78 is 14.5. The Balaban J connectivity index is 0.00000128. The SMILES string of the molecule is Cc1nn(-c2[c-]cc(F)cc2)c(C)c1C.[Pt]. The molecular formula is C12H12FN2Pt-. The van der Waals surface area contributed by atoms with Gasteiger partial charge in [-0.05, 0) is 32.0 Å². The van der Waals surface area contributed by atoms with Gasteiger partial charge in [-0.1, -0.05) is 0 Å². The van der Waals surface area contributed by atoms with Gasteiger partial charge in [-0.3, -0.25) is 9.07 Å². The molecule has 0 aliphatic rings. The Morgan fingerprint density at radius 3 is 2.38 bits per heavy atom. The van der Waals surface area contributed by atoms with Gasteiger partial charge in [0.2, 0.25) is 0 Å². The minimum Gasteiger partial charge on any atom is -0.284 e. The summed E-state index contributed by atoms with van der Waals surface area (Å²) in [6.45, 7) is 5.98. The van der Waals surface area contributed by atoms with E-state index in [2.05, 4.69) is 11.2 Å². The molecule has 0 N–H and O–H groups in total. The average Bonchev–Trinajstić information content (AvgIpc) is 2.47. The maximum absolute atomic E-state index is 12.7. The fraction of sp³-hybridized carbons (Fsp3) is 0.250. The molecule has 0 atom stereocenters. The fourth-order valence-electron chi connectivity index (χ4n) is 1.48. The van der Waals surface area contributed by atoms with Crippen LogP contribution in [0.2, 0.25) is 0 Å². The zero-order chi connectivity index (χ0) is 11.0. The predicted octanol–water partition coefficient (Wildman–Crippen LogP) is 2.73. The van der Waals surface area contributed by atoms with Gasteiger partial charge in [-0.15, -0.1) is 18.2 Å². The quantitative estimate of drug-likeness (QED) is 0.676. The van der Waals surface area contributed by atoms with Gasteiger partial charge in [0, 0.05) is 32.6 Å².